The molecular weight excluding hydrogens is 613 g/mol. The van der Waals surface area contributed by atoms with Crippen LogP contribution in [0.3, 0.4) is 0 Å². The van der Waals surface area contributed by atoms with Crippen molar-refractivity contribution in [3.63, 3.8) is 0 Å². The molecule has 3 rings (SSSR count). The van der Waals surface area contributed by atoms with E-state index in [1.54, 1.807) is 0 Å². The molecule has 0 spiro atoms. The molecule has 9 nitrogen and oxygen atoms in total. The van der Waals surface area contributed by atoms with Crippen LogP contribution in [0.2, 0.25) is 0 Å². The number of carbonyl (C=O) groups excluding carboxylic acids is 1. The third kappa shape index (κ3) is 8.68. The molecule has 0 atom stereocenters. The Morgan fingerprint density at radius 3 is 2.27 bits per heavy atom. The average molecular weight is 654 g/mol. The summed E-state index contributed by atoms with van der Waals surface area (Å²) < 4.78 is 97.3. The van der Waals surface area contributed by atoms with Crippen molar-refractivity contribution in [2.24, 2.45) is 5.41 Å². The third-order valence-electron chi connectivity index (χ3n) is 7.92. The number of ether oxygens (including phenoxy) is 1. The molecule has 0 saturated heterocycles. The van der Waals surface area contributed by atoms with Gasteiger partial charge in [-0.2, -0.15) is 27.1 Å². The van der Waals surface area contributed by atoms with Crippen molar-refractivity contribution < 1.29 is 50.1 Å². The number of hydrogen-bond donors (Lipinski definition) is 3. The van der Waals surface area contributed by atoms with Gasteiger partial charge >= 0.3 is 12.8 Å². The molecule has 1 heterocycles. The summed E-state index contributed by atoms with van der Waals surface area (Å²) >= 11 is 0. The van der Waals surface area contributed by atoms with E-state index >= 15 is 0 Å². The largest absolute Gasteiger partial charge is 0.434 e. The van der Waals surface area contributed by atoms with Gasteiger partial charge in [-0.3, -0.25) is 9.48 Å². The Balaban J connectivity index is 1.98. The van der Waals surface area contributed by atoms with E-state index in [9.17, 15) is 45.4 Å². The number of aliphatic hydroxyl groups is 2. The minimum atomic E-state index is -4.56. The van der Waals surface area contributed by atoms with Crippen molar-refractivity contribution in [1.29, 1.82) is 0 Å². The zero-order chi connectivity index (χ0) is 33.5. The van der Waals surface area contributed by atoms with Crippen LogP contribution in [0.1, 0.15) is 75.0 Å². The number of sulfone groups is 1. The van der Waals surface area contributed by atoms with Gasteiger partial charge in [0, 0.05) is 23.9 Å². The minimum absolute atomic E-state index is 0.0184. The monoisotopic (exact) mass is 653 g/mol. The molecule has 2 aromatic rings. The van der Waals surface area contributed by atoms with Gasteiger partial charge in [-0.1, -0.05) is 19.9 Å². The number of benzene rings is 1. The van der Waals surface area contributed by atoms with E-state index < -0.39 is 62.6 Å². The van der Waals surface area contributed by atoms with Gasteiger partial charge in [0.15, 0.2) is 5.69 Å². The van der Waals surface area contributed by atoms with Crippen LogP contribution in [0, 0.1) is 12.3 Å². The SMILES string of the molecule is Cc1c(C(=O)NC[C@]2(O)CC[C@@H](S(C)(=O)=O)CC2)nn(CC(C)(C)O)c1-c1ccc(CC(C)(C)C(F)(F)F)cc1OC(F)F. The molecule has 1 amide bonds. The van der Waals surface area contributed by atoms with Crippen LogP contribution in [0.4, 0.5) is 22.0 Å². The van der Waals surface area contributed by atoms with E-state index in [1.165, 1.54) is 37.6 Å². The van der Waals surface area contributed by atoms with Crippen LogP contribution in [-0.2, 0) is 22.8 Å². The molecule has 3 N–H and O–H groups in total. The molecule has 1 aromatic heterocycles. The number of halogens is 5. The van der Waals surface area contributed by atoms with Crippen LogP contribution in [0.25, 0.3) is 11.3 Å². The van der Waals surface area contributed by atoms with Gasteiger partial charge in [-0.15, -0.1) is 0 Å². The number of nitrogens with zero attached hydrogens (tertiary/aromatic N) is 2. The Kier molecular flexibility index (Phi) is 10.2. The molecule has 0 bridgehead atoms. The van der Waals surface area contributed by atoms with Crippen LogP contribution < -0.4 is 10.1 Å². The predicted molar refractivity (Wildman–Crippen MR) is 153 cm³/mol. The topological polar surface area (TPSA) is 131 Å². The molecule has 1 aliphatic rings. The van der Waals surface area contributed by atoms with Gasteiger partial charge in [-0.25, -0.2) is 8.42 Å². The van der Waals surface area contributed by atoms with Crippen molar-refractivity contribution in [3.05, 3.63) is 35.0 Å². The Bertz CT molecular complexity index is 1460. The highest BCUT2D eigenvalue weighted by atomic mass is 32.2. The maximum Gasteiger partial charge on any atom is 0.394 e. The molecule has 1 aliphatic carbocycles. The average Bonchev–Trinajstić information content (AvgIpc) is 3.15. The lowest BCUT2D eigenvalue weighted by atomic mass is 9.84. The maximum absolute atomic E-state index is 13.5. The Morgan fingerprint density at radius 2 is 1.77 bits per heavy atom. The van der Waals surface area contributed by atoms with E-state index in [4.69, 9.17) is 4.74 Å². The summed E-state index contributed by atoms with van der Waals surface area (Å²) in [6.45, 7) is 2.72. The fourth-order valence-electron chi connectivity index (χ4n) is 5.33. The Morgan fingerprint density at radius 1 is 1.18 bits per heavy atom. The molecule has 1 saturated carbocycles. The second kappa shape index (κ2) is 12.5. The van der Waals surface area contributed by atoms with E-state index in [0.29, 0.717) is 0 Å². The summed E-state index contributed by atoms with van der Waals surface area (Å²) in [4.78, 5) is 13.3. The number of aromatic nitrogens is 2. The molecule has 1 fully saturated rings. The van der Waals surface area contributed by atoms with Crippen molar-refractivity contribution in [1.82, 2.24) is 15.1 Å². The highest BCUT2D eigenvalue weighted by Gasteiger charge is 2.47. The molecule has 44 heavy (non-hydrogen) atoms. The van der Waals surface area contributed by atoms with Gasteiger partial charge in [-0.05, 0) is 70.6 Å². The zero-order valence-corrected chi connectivity index (χ0v) is 26.4. The Hall–Kier alpha value is -2.78. The first-order chi connectivity index (χ1) is 19.9. The van der Waals surface area contributed by atoms with Crippen LogP contribution in [-0.4, -0.2) is 76.4 Å². The third-order valence-corrected chi connectivity index (χ3v) is 9.60. The summed E-state index contributed by atoms with van der Waals surface area (Å²) in [6, 6.07) is 3.76. The quantitative estimate of drug-likeness (QED) is 0.297. The summed E-state index contributed by atoms with van der Waals surface area (Å²) in [5, 5.41) is 27.9. The first kappa shape index (κ1) is 35.7. The van der Waals surface area contributed by atoms with Crippen LogP contribution in [0.15, 0.2) is 18.2 Å². The van der Waals surface area contributed by atoms with Crippen LogP contribution >= 0.6 is 0 Å². The van der Waals surface area contributed by atoms with Gasteiger partial charge in [0.1, 0.15) is 15.6 Å². The number of nitrogens with one attached hydrogen (secondary N) is 1. The summed E-state index contributed by atoms with van der Waals surface area (Å²) in [6.07, 6.45) is -3.17. The first-order valence-corrected chi connectivity index (χ1v) is 16.0. The lowest BCUT2D eigenvalue weighted by molar-refractivity contribution is -0.211. The first-order valence-electron chi connectivity index (χ1n) is 14.1. The molecule has 0 unspecified atom stereocenters. The highest BCUT2D eigenvalue weighted by molar-refractivity contribution is 7.91. The smallest absolute Gasteiger partial charge is 0.394 e. The fourth-order valence-corrected chi connectivity index (χ4v) is 6.42. The van der Waals surface area contributed by atoms with Gasteiger partial charge in [0.05, 0.1) is 34.1 Å². The Labute approximate surface area is 253 Å². The van der Waals surface area contributed by atoms with Crippen molar-refractivity contribution >= 4 is 15.7 Å². The standard InChI is InChI=1S/C29H40F5N3O6S/c1-17-22(24(38)35-15-28(40)11-9-19(10-12-28)44(6,41)42)36-37(16-27(4,5)39)23(17)20-8-7-18(13-21(20)43-25(30)31)14-26(2,3)29(32,33)34/h7-8,13,19,25,39-40H,9-12,14-16H2,1-6H3,(H,35,38)/t19-,28+. The molecule has 0 radical (unpaired) electrons. The number of carbonyl (C=O) groups is 1. The fraction of sp³-hybridized carbons (Fsp3) is 0.655. The van der Waals surface area contributed by atoms with Crippen molar-refractivity contribution in [3.8, 4) is 17.0 Å². The van der Waals surface area contributed by atoms with Gasteiger partial charge < -0.3 is 20.3 Å². The predicted octanol–water partition coefficient (Wildman–Crippen LogP) is 4.81. The van der Waals surface area contributed by atoms with Crippen molar-refractivity contribution in [2.45, 2.75) is 103 Å². The maximum atomic E-state index is 13.5. The number of amides is 1. The summed E-state index contributed by atoms with van der Waals surface area (Å²) in [5.41, 5.74) is -4.57. The van der Waals surface area contributed by atoms with E-state index in [0.717, 1.165) is 26.2 Å². The minimum Gasteiger partial charge on any atom is -0.434 e. The van der Waals surface area contributed by atoms with Gasteiger partial charge in [0.2, 0.25) is 0 Å². The lowest BCUT2D eigenvalue weighted by Crippen LogP contribution is -2.47. The highest BCUT2D eigenvalue weighted by Crippen LogP contribution is 2.42. The number of alkyl halides is 5. The summed E-state index contributed by atoms with van der Waals surface area (Å²) in [5.74, 6) is -1.14. The van der Waals surface area contributed by atoms with E-state index in [2.05, 4.69) is 10.4 Å². The zero-order valence-electron chi connectivity index (χ0n) is 25.6. The molecule has 0 aliphatic heterocycles. The van der Waals surface area contributed by atoms with Crippen molar-refractivity contribution in [2.75, 3.05) is 12.8 Å². The second-order valence-corrected chi connectivity index (χ2v) is 15.3. The molecular formula is C29H40F5N3O6S. The van der Waals surface area contributed by atoms with E-state index in [-0.39, 0.29) is 66.9 Å². The molecule has 1 aromatic carbocycles. The van der Waals surface area contributed by atoms with Gasteiger partial charge in [0.25, 0.3) is 5.91 Å². The summed E-state index contributed by atoms with van der Waals surface area (Å²) in [7, 11) is -3.27. The normalized spacial score (nSPS) is 20.2. The molecule has 15 heteroatoms. The lowest BCUT2D eigenvalue weighted by Gasteiger charge is -2.35. The number of rotatable bonds is 11. The van der Waals surface area contributed by atoms with E-state index in [1.807, 2.05) is 0 Å². The van der Waals surface area contributed by atoms with Crippen LogP contribution in [0.5, 0.6) is 5.75 Å². The number of hydrogen-bond acceptors (Lipinski definition) is 7. The molecule has 248 valence electrons. The second-order valence-electron chi connectivity index (χ2n) is 13.0.